The number of carbonyl (C=O) groups excluding carboxylic acids is 3. The van der Waals surface area contributed by atoms with Crippen molar-refractivity contribution in [1.82, 2.24) is 10.2 Å². The van der Waals surface area contributed by atoms with E-state index in [1.54, 1.807) is 32.9 Å². The van der Waals surface area contributed by atoms with E-state index in [2.05, 4.69) is 10.6 Å². The van der Waals surface area contributed by atoms with Gasteiger partial charge in [0.05, 0.1) is 0 Å². The molecule has 3 amide bonds. The molecule has 0 fully saturated rings. The van der Waals surface area contributed by atoms with Gasteiger partial charge in [0.15, 0.2) is 0 Å². The number of alkyl carbamates (subject to hydrolysis) is 1. The number of hydrogen-bond donors (Lipinski definition) is 2. The highest BCUT2D eigenvalue weighted by Gasteiger charge is 2.33. The lowest BCUT2D eigenvalue weighted by molar-refractivity contribution is 0.0496. The maximum absolute atomic E-state index is 13.1. The first-order valence-electron chi connectivity index (χ1n) is 10.9. The summed E-state index contributed by atoms with van der Waals surface area (Å²) >= 11 is 0. The summed E-state index contributed by atoms with van der Waals surface area (Å²) < 4.78 is 5.21. The number of rotatable bonds is 6. The third kappa shape index (κ3) is 4.82. The second-order valence-corrected chi connectivity index (χ2v) is 8.92. The van der Waals surface area contributed by atoms with Gasteiger partial charge in [-0.25, -0.2) is 4.79 Å². The Balaban J connectivity index is 1.53. The van der Waals surface area contributed by atoms with Crippen LogP contribution in [-0.2, 0) is 11.3 Å². The summed E-state index contributed by atoms with van der Waals surface area (Å²) in [7, 11) is 0. The van der Waals surface area contributed by atoms with E-state index in [1.807, 2.05) is 48.5 Å². The van der Waals surface area contributed by atoms with Crippen LogP contribution < -0.4 is 10.6 Å². The topological polar surface area (TPSA) is 87.7 Å². The number of benzene rings is 3. The molecule has 0 aromatic heterocycles. The van der Waals surface area contributed by atoms with Gasteiger partial charge >= 0.3 is 6.09 Å². The third-order valence-electron chi connectivity index (χ3n) is 5.32. The number of carbonyl (C=O) groups is 3. The molecule has 4 rings (SSSR count). The average molecular weight is 446 g/mol. The largest absolute Gasteiger partial charge is 0.444 e. The quantitative estimate of drug-likeness (QED) is 0.543. The van der Waals surface area contributed by atoms with Crippen molar-refractivity contribution in [2.75, 3.05) is 18.4 Å². The summed E-state index contributed by atoms with van der Waals surface area (Å²) in [6.45, 7) is 6.10. The van der Waals surface area contributed by atoms with Gasteiger partial charge in [-0.2, -0.15) is 0 Å². The molecule has 0 spiro atoms. The highest BCUT2D eigenvalue weighted by molar-refractivity contribution is 6.26. The molecule has 3 aromatic rings. The summed E-state index contributed by atoms with van der Waals surface area (Å²) in [6, 6.07) is 19.1. The van der Waals surface area contributed by atoms with Gasteiger partial charge in [0, 0.05) is 47.2 Å². The first-order chi connectivity index (χ1) is 15.7. The fourth-order valence-electron chi connectivity index (χ4n) is 3.88. The molecule has 0 saturated heterocycles. The smallest absolute Gasteiger partial charge is 0.407 e. The number of anilines is 1. The second kappa shape index (κ2) is 8.94. The van der Waals surface area contributed by atoms with Gasteiger partial charge in [0.25, 0.3) is 11.8 Å². The van der Waals surface area contributed by atoms with Gasteiger partial charge in [-0.3, -0.25) is 14.5 Å². The molecule has 1 aliphatic heterocycles. The van der Waals surface area contributed by atoms with E-state index >= 15 is 0 Å². The van der Waals surface area contributed by atoms with E-state index in [-0.39, 0.29) is 24.9 Å². The molecule has 7 nitrogen and oxygen atoms in total. The minimum Gasteiger partial charge on any atom is -0.444 e. The van der Waals surface area contributed by atoms with E-state index in [0.29, 0.717) is 23.1 Å². The van der Waals surface area contributed by atoms with E-state index in [0.717, 1.165) is 16.6 Å². The molecular formula is C26H27N3O4. The molecule has 1 aliphatic rings. The van der Waals surface area contributed by atoms with Gasteiger partial charge in [-0.15, -0.1) is 0 Å². The van der Waals surface area contributed by atoms with Crippen molar-refractivity contribution in [1.29, 1.82) is 0 Å². The van der Waals surface area contributed by atoms with Gasteiger partial charge in [0.1, 0.15) is 5.60 Å². The molecule has 7 heteroatoms. The summed E-state index contributed by atoms with van der Waals surface area (Å²) in [6.07, 6.45) is -0.587. The molecule has 0 bridgehead atoms. The van der Waals surface area contributed by atoms with Crippen LogP contribution in [0, 0.1) is 0 Å². The zero-order valence-electron chi connectivity index (χ0n) is 19.0. The molecule has 0 atom stereocenters. The Bertz CT molecular complexity index is 1190. The summed E-state index contributed by atoms with van der Waals surface area (Å²) in [4.78, 5) is 39.4. The number of amides is 3. The maximum Gasteiger partial charge on any atom is 0.407 e. The zero-order chi connectivity index (χ0) is 23.6. The van der Waals surface area contributed by atoms with Crippen LogP contribution in [-0.4, -0.2) is 41.5 Å². The Morgan fingerprint density at radius 3 is 2.30 bits per heavy atom. The molecule has 0 unspecified atom stereocenters. The summed E-state index contributed by atoms with van der Waals surface area (Å²) in [5.41, 5.74) is 2.32. The molecule has 2 N–H and O–H groups in total. The van der Waals surface area contributed by atoms with Crippen LogP contribution in [0.4, 0.5) is 10.5 Å². The number of imide groups is 1. The van der Waals surface area contributed by atoms with Crippen LogP contribution in [0.2, 0.25) is 0 Å². The molecular weight excluding hydrogens is 418 g/mol. The minimum absolute atomic E-state index is 0.0563. The van der Waals surface area contributed by atoms with Gasteiger partial charge in [-0.05, 0) is 44.5 Å². The van der Waals surface area contributed by atoms with Crippen LogP contribution in [0.5, 0.6) is 0 Å². The fourth-order valence-corrected chi connectivity index (χ4v) is 3.88. The van der Waals surface area contributed by atoms with Crippen molar-refractivity contribution in [3.05, 3.63) is 77.4 Å². The van der Waals surface area contributed by atoms with Crippen LogP contribution >= 0.6 is 0 Å². The molecule has 3 aromatic carbocycles. The van der Waals surface area contributed by atoms with E-state index in [1.165, 1.54) is 4.90 Å². The third-order valence-corrected chi connectivity index (χ3v) is 5.32. The lowest BCUT2D eigenvalue weighted by Gasteiger charge is -2.28. The van der Waals surface area contributed by atoms with Crippen molar-refractivity contribution >= 4 is 34.4 Å². The van der Waals surface area contributed by atoms with Crippen molar-refractivity contribution in [2.24, 2.45) is 0 Å². The lowest BCUT2D eigenvalue weighted by Crippen LogP contribution is -2.45. The molecule has 0 aliphatic carbocycles. The average Bonchev–Trinajstić information content (AvgIpc) is 2.78. The van der Waals surface area contributed by atoms with E-state index < -0.39 is 11.7 Å². The maximum atomic E-state index is 13.1. The molecule has 1 heterocycles. The Hall–Kier alpha value is -3.87. The van der Waals surface area contributed by atoms with Crippen molar-refractivity contribution in [3.63, 3.8) is 0 Å². The Morgan fingerprint density at radius 1 is 0.909 bits per heavy atom. The zero-order valence-corrected chi connectivity index (χ0v) is 19.0. The van der Waals surface area contributed by atoms with Crippen LogP contribution in [0.3, 0.4) is 0 Å². The standard InChI is InChI=1S/C26H27N3O4/c1-26(2,3)33-25(32)27-14-15-29-23(30)19-11-7-10-18-21(13-12-20(22(18)19)24(29)31)28-16-17-8-5-4-6-9-17/h4-13,28H,14-16H2,1-3H3,(H,27,32). The van der Waals surface area contributed by atoms with Gasteiger partial charge in [-0.1, -0.05) is 42.5 Å². The predicted octanol–water partition coefficient (Wildman–Crippen LogP) is 4.57. The minimum atomic E-state index is -0.623. The Morgan fingerprint density at radius 2 is 1.61 bits per heavy atom. The summed E-state index contributed by atoms with van der Waals surface area (Å²) in [5, 5.41) is 7.50. The first-order valence-corrected chi connectivity index (χ1v) is 10.9. The highest BCUT2D eigenvalue weighted by atomic mass is 16.6. The predicted molar refractivity (Wildman–Crippen MR) is 127 cm³/mol. The second-order valence-electron chi connectivity index (χ2n) is 8.92. The monoisotopic (exact) mass is 445 g/mol. The van der Waals surface area contributed by atoms with E-state index in [9.17, 15) is 14.4 Å². The number of hydrogen-bond acceptors (Lipinski definition) is 5. The number of ether oxygens (including phenoxy) is 1. The molecule has 0 saturated carbocycles. The summed E-state index contributed by atoms with van der Waals surface area (Å²) in [5.74, 6) is -0.742. The number of nitrogens with zero attached hydrogens (tertiary/aromatic N) is 1. The van der Waals surface area contributed by atoms with Crippen molar-refractivity contribution in [3.8, 4) is 0 Å². The van der Waals surface area contributed by atoms with Crippen LogP contribution in [0.15, 0.2) is 60.7 Å². The first kappa shape index (κ1) is 22.3. The van der Waals surface area contributed by atoms with Gasteiger partial charge in [0.2, 0.25) is 0 Å². The van der Waals surface area contributed by atoms with Crippen LogP contribution in [0.1, 0.15) is 47.1 Å². The highest BCUT2D eigenvalue weighted by Crippen LogP contribution is 2.34. The molecule has 0 radical (unpaired) electrons. The number of nitrogens with one attached hydrogen (secondary N) is 2. The Kier molecular flexibility index (Phi) is 6.05. The van der Waals surface area contributed by atoms with Crippen molar-refractivity contribution in [2.45, 2.75) is 32.9 Å². The SMILES string of the molecule is CC(C)(C)OC(=O)NCCN1C(=O)c2cccc3c(NCc4ccccc4)ccc(c23)C1=O. The molecule has 33 heavy (non-hydrogen) atoms. The fraction of sp³-hybridized carbons (Fsp3) is 0.269. The lowest BCUT2D eigenvalue weighted by atomic mass is 9.93. The Labute approximate surface area is 192 Å². The normalized spacial score (nSPS) is 13.2. The molecule has 170 valence electrons. The van der Waals surface area contributed by atoms with Gasteiger partial charge < -0.3 is 15.4 Å². The van der Waals surface area contributed by atoms with Crippen LogP contribution in [0.25, 0.3) is 10.8 Å². The van der Waals surface area contributed by atoms with E-state index in [4.69, 9.17) is 4.74 Å². The van der Waals surface area contributed by atoms with Crippen molar-refractivity contribution < 1.29 is 19.1 Å².